The van der Waals surface area contributed by atoms with Gasteiger partial charge in [-0.25, -0.2) is 18.7 Å². The lowest BCUT2D eigenvalue weighted by Gasteiger charge is -2.28. The first kappa shape index (κ1) is 23.0. The van der Waals surface area contributed by atoms with Gasteiger partial charge < -0.3 is 14.4 Å². The number of aromatic nitrogens is 5. The van der Waals surface area contributed by atoms with Gasteiger partial charge in [-0.15, -0.1) is 0 Å². The highest BCUT2D eigenvalue weighted by Gasteiger charge is 2.26. The summed E-state index contributed by atoms with van der Waals surface area (Å²) in [4.78, 5) is 24.0. The minimum atomic E-state index is -3.03. The van der Waals surface area contributed by atoms with Crippen LogP contribution in [0.5, 0.6) is 11.8 Å². The molecule has 0 aliphatic rings. The van der Waals surface area contributed by atoms with Crippen LogP contribution in [0.1, 0.15) is 36.7 Å². The minimum Gasteiger partial charge on any atom is -0.497 e. The number of amides is 1. The zero-order valence-electron chi connectivity index (χ0n) is 18.2. The van der Waals surface area contributed by atoms with E-state index in [0.717, 1.165) is 19.3 Å². The van der Waals surface area contributed by atoms with Crippen molar-refractivity contribution >= 4 is 5.91 Å². The molecule has 0 aliphatic heterocycles. The van der Waals surface area contributed by atoms with E-state index in [4.69, 9.17) is 9.47 Å². The lowest BCUT2D eigenvalue weighted by Crippen LogP contribution is -2.42. The van der Waals surface area contributed by atoms with E-state index in [1.807, 2.05) is 13.8 Å². The second kappa shape index (κ2) is 9.67. The zero-order valence-corrected chi connectivity index (χ0v) is 18.2. The van der Waals surface area contributed by atoms with Gasteiger partial charge in [0.05, 0.1) is 42.4 Å². The van der Waals surface area contributed by atoms with Gasteiger partial charge in [0.15, 0.2) is 0 Å². The van der Waals surface area contributed by atoms with Crippen LogP contribution in [0, 0.1) is 0 Å². The van der Waals surface area contributed by atoms with Crippen molar-refractivity contribution in [2.75, 3.05) is 20.3 Å². The third-order valence-corrected chi connectivity index (χ3v) is 4.79. The Morgan fingerprint density at radius 1 is 1.22 bits per heavy atom. The van der Waals surface area contributed by atoms with Gasteiger partial charge in [-0.05, 0) is 32.0 Å². The molecule has 2 aromatic heterocycles. The molecule has 0 radical (unpaired) electrons. The first-order valence-electron chi connectivity index (χ1n) is 9.93. The number of likely N-dealkylation sites (N-methyl/N-ethyl adjacent to an activating group) is 1. The molecule has 3 rings (SSSR count). The summed E-state index contributed by atoms with van der Waals surface area (Å²) >= 11 is 0. The Labute approximate surface area is 184 Å². The molecular formula is C21H24F2N6O3. The number of alkyl halides is 2. The molecule has 0 fully saturated rings. The van der Waals surface area contributed by atoms with Crippen molar-refractivity contribution in [2.45, 2.75) is 32.7 Å². The topological polar surface area (TPSA) is 95.3 Å². The summed E-state index contributed by atoms with van der Waals surface area (Å²) in [5.41, 5.74) is 0.563. The molecule has 9 nitrogen and oxygen atoms in total. The van der Waals surface area contributed by atoms with E-state index in [-0.39, 0.29) is 30.1 Å². The highest BCUT2D eigenvalue weighted by molar-refractivity contribution is 5.98. The summed E-state index contributed by atoms with van der Waals surface area (Å²) in [6.07, 6.45) is 5.09. The molecule has 32 heavy (non-hydrogen) atoms. The van der Waals surface area contributed by atoms with Gasteiger partial charge in [-0.3, -0.25) is 4.79 Å². The lowest BCUT2D eigenvalue weighted by molar-refractivity contribution is 0.0165. The van der Waals surface area contributed by atoms with Crippen LogP contribution in [0.2, 0.25) is 0 Å². The average Bonchev–Trinajstić information content (AvgIpc) is 3.32. The van der Waals surface area contributed by atoms with E-state index >= 15 is 0 Å². The highest BCUT2D eigenvalue weighted by atomic mass is 19.3. The summed E-state index contributed by atoms with van der Waals surface area (Å²) in [6, 6.07) is 4.65. The maximum absolute atomic E-state index is 13.4. The Kier molecular flexibility index (Phi) is 6.96. The van der Waals surface area contributed by atoms with E-state index in [9.17, 15) is 13.6 Å². The highest BCUT2D eigenvalue weighted by Crippen LogP contribution is 2.26. The third-order valence-electron chi connectivity index (χ3n) is 4.79. The number of nitrogens with zero attached hydrogens (tertiary/aromatic N) is 6. The third kappa shape index (κ3) is 5.16. The van der Waals surface area contributed by atoms with E-state index in [0.29, 0.717) is 23.5 Å². The fourth-order valence-corrected chi connectivity index (χ4v) is 3.04. The van der Waals surface area contributed by atoms with Crippen LogP contribution < -0.4 is 9.47 Å². The Morgan fingerprint density at radius 2 is 1.88 bits per heavy atom. The number of carbonyl (C=O) groups excluding carboxylic acids is 1. The number of ether oxygens (including phenoxy) is 2. The predicted molar refractivity (Wildman–Crippen MR) is 111 cm³/mol. The molecule has 0 bridgehead atoms. The molecule has 11 heteroatoms. The van der Waals surface area contributed by atoms with Crippen LogP contribution in [-0.4, -0.2) is 62.1 Å². The van der Waals surface area contributed by atoms with Crippen LogP contribution in [0.25, 0.3) is 5.69 Å². The Hall–Kier alpha value is -3.63. The van der Waals surface area contributed by atoms with Gasteiger partial charge >= 0.3 is 6.01 Å². The SMILES string of the molecule is CCN(C(=O)c1cc(OC)ccc1-n1nccn1)[C@@H](C)COc1ncc(C(C)(F)F)cn1. The zero-order chi connectivity index (χ0) is 23.3. The number of hydrogen-bond donors (Lipinski definition) is 0. The number of hydrogen-bond acceptors (Lipinski definition) is 7. The summed E-state index contributed by atoms with van der Waals surface area (Å²) in [5.74, 6) is -2.78. The molecule has 1 aromatic carbocycles. The molecule has 0 N–H and O–H groups in total. The van der Waals surface area contributed by atoms with Crippen molar-refractivity contribution in [3.05, 3.63) is 54.1 Å². The summed E-state index contributed by atoms with van der Waals surface area (Å²) < 4.78 is 37.4. The molecule has 0 spiro atoms. The summed E-state index contributed by atoms with van der Waals surface area (Å²) in [5, 5.41) is 8.23. The Balaban J connectivity index is 1.77. The first-order valence-corrected chi connectivity index (χ1v) is 9.93. The second-order valence-corrected chi connectivity index (χ2v) is 7.10. The fourth-order valence-electron chi connectivity index (χ4n) is 3.04. The molecular weight excluding hydrogens is 422 g/mol. The van der Waals surface area contributed by atoms with Crippen LogP contribution in [0.3, 0.4) is 0 Å². The molecule has 0 unspecified atom stereocenters. The van der Waals surface area contributed by atoms with Crippen molar-refractivity contribution in [2.24, 2.45) is 0 Å². The number of carbonyl (C=O) groups is 1. The van der Waals surface area contributed by atoms with Crippen molar-refractivity contribution in [1.29, 1.82) is 0 Å². The van der Waals surface area contributed by atoms with E-state index in [1.54, 1.807) is 23.1 Å². The normalized spacial score (nSPS) is 12.3. The predicted octanol–water partition coefficient (Wildman–Crippen LogP) is 3.11. The number of methoxy groups -OCH3 is 1. The van der Waals surface area contributed by atoms with Crippen LogP contribution in [0.4, 0.5) is 8.78 Å². The van der Waals surface area contributed by atoms with Gasteiger partial charge in [-0.1, -0.05) is 0 Å². The molecule has 1 amide bonds. The second-order valence-electron chi connectivity index (χ2n) is 7.10. The lowest BCUT2D eigenvalue weighted by atomic mass is 10.1. The Bertz CT molecular complexity index is 1040. The molecule has 0 saturated heterocycles. The van der Waals surface area contributed by atoms with Crippen molar-refractivity contribution < 1.29 is 23.0 Å². The molecule has 2 heterocycles. The summed E-state index contributed by atoms with van der Waals surface area (Å²) in [6.45, 7) is 4.89. The minimum absolute atomic E-state index is 0.0452. The number of rotatable bonds is 9. The maximum atomic E-state index is 13.4. The molecule has 170 valence electrons. The fraction of sp³-hybridized carbons (Fsp3) is 0.381. The van der Waals surface area contributed by atoms with Gasteiger partial charge in [0.2, 0.25) is 0 Å². The largest absolute Gasteiger partial charge is 0.497 e. The van der Waals surface area contributed by atoms with Gasteiger partial charge in [0.25, 0.3) is 11.8 Å². The van der Waals surface area contributed by atoms with Gasteiger partial charge in [0.1, 0.15) is 12.4 Å². The van der Waals surface area contributed by atoms with E-state index < -0.39 is 5.92 Å². The molecule has 3 aromatic rings. The molecule has 1 atom stereocenters. The average molecular weight is 446 g/mol. The van der Waals surface area contributed by atoms with E-state index in [2.05, 4.69) is 20.2 Å². The van der Waals surface area contributed by atoms with Crippen molar-refractivity contribution in [1.82, 2.24) is 29.9 Å². The summed E-state index contributed by atoms with van der Waals surface area (Å²) in [7, 11) is 1.52. The van der Waals surface area contributed by atoms with Crippen molar-refractivity contribution in [3.8, 4) is 17.4 Å². The van der Waals surface area contributed by atoms with Crippen LogP contribution in [-0.2, 0) is 5.92 Å². The molecule has 0 saturated carbocycles. The quantitative estimate of drug-likeness (QED) is 0.498. The van der Waals surface area contributed by atoms with Crippen LogP contribution in [0.15, 0.2) is 43.0 Å². The van der Waals surface area contributed by atoms with Crippen LogP contribution >= 0.6 is 0 Å². The number of benzene rings is 1. The Morgan fingerprint density at radius 3 is 2.44 bits per heavy atom. The monoisotopic (exact) mass is 446 g/mol. The first-order chi connectivity index (χ1) is 15.2. The van der Waals surface area contributed by atoms with Gasteiger partial charge in [0, 0.05) is 25.9 Å². The van der Waals surface area contributed by atoms with E-state index in [1.165, 1.54) is 24.3 Å². The standard InChI is InChI=1S/C21H24F2N6O3/c1-5-28(14(2)13-32-20-24-11-15(12-25-20)21(3,22)23)19(30)17-10-16(31-4)6-7-18(17)29-26-8-9-27-29/h6-12,14H,5,13H2,1-4H3/t14-/m0/s1. The smallest absolute Gasteiger partial charge is 0.316 e. The number of halogens is 2. The maximum Gasteiger partial charge on any atom is 0.316 e. The van der Waals surface area contributed by atoms with Crippen molar-refractivity contribution in [3.63, 3.8) is 0 Å². The van der Waals surface area contributed by atoms with Gasteiger partial charge in [-0.2, -0.15) is 15.0 Å². The molecule has 0 aliphatic carbocycles.